The molecule has 0 fully saturated rings. The van der Waals surface area contributed by atoms with Crippen LogP contribution in [-0.4, -0.2) is 44.2 Å². The summed E-state index contributed by atoms with van der Waals surface area (Å²) in [5.74, 6) is 0.0737. The van der Waals surface area contributed by atoms with Crippen molar-refractivity contribution in [2.75, 3.05) is 20.7 Å². The second kappa shape index (κ2) is 10.6. The second-order valence-corrected chi connectivity index (χ2v) is 9.73. The molecule has 0 heterocycles. The molecule has 0 aliphatic heterocycles. The molecule has 0 spiro atoms. The van der Waals surface area contributed by atoms with Gasteiger partial charge in [-0.05, 0) is 29.3 Å². The number of hydrogen-bond acceptors (Lipinski definition) is 4. The Morgan fingerprint density at radius 1 is 0.906 bits per heavy atom. The Hall–Kier alpha value is -2.87. The Labute approximate surface area is 194 Å². The quantitative estimate of drug-likeness (QED) is 0.468. The van der Waals surface area contributed by atoms with Crippen LogP contribution in [0, 0.1) is 0 Å². The fourth-order valence-corrected chi connectivity index (χ4v) is 4.67. The highest BCUT2D eigenvalue weighted by atomic mass is 35.5. The minimum absolute atomic E-state index is 0.00345. The maximum atomic E-state index is 13.2. The van der Waals surface area contributed by atoms with Gasteiger partial charge in [-0.2, -0.15) is 4.31 Å². The molecule has 0 bridgehead atoms. The van der Waals surface area contributed by atoms with E-state index in [1.54, 1.807) is 4.90 Å². The smallest absolute Gasteiger partial charge is 0.243 e. The van der Waals surface area contributed by atoms with E-state index in [2.05, 4.69) is 0 Å². The van der Waals surface area contributed by atoms with Gasteiger partial charge in [0.1, 0.15) is 5.75 Å². The molecule has 0 aliphatic carbocycles. The predicted molar refractivity (Wildman–Crippen MR) is 125 cm³/mol. The molecule has 6 nitrogen and oxygen atoms in total. The van der Waals surface area contributed by atoms with Crippen molar-refractivity contribution >= 4 is 27.5 Å². The zero-order valence-electron chi connectivity index (χ0n) is 17.9. The number of methoxy groups -OCH3 is 1. The lowest BCUT2D eigenvalue weighted by atomic mass is 10.1. The van der Waals surface area contributed by atoms with Crippen LogP contribution in [-0.2, 0) is 27.9 Å². The van der Waals surface area contributed by atoms with Crippen LogP contribution in [0.2, 0.25) is 5.02 Å². The van der Waals surface area contributed by atoms with Gasteiger partial charge < -0.3 is 9.64 Å². The van der Waals surface area contributed by atoms with Crippen molar-refractivity contribution in [2.24, 2.45) is 0 Å². The van der Waals surface area contributed by atoms with Crippen LogP contribution in [0.5, 0.6) is 5.75 Å². The van der Waals surface area contributed by atoms with Gasteiger partial charge in [-0.25, -0.2) is 8.42 Å². The van der Waals surface area contributed by atoms with Gasteiger partial charge >= 0.3 is 0 Å². The molecule has 0 saturated carbocycles. The van der Waals surface area contributed by atoms with Crippen LogP contribution in [0.25, 0.3) is 0 Å². The molecule has 0 atom stereocenters. The Balaban J connectivity index is 1.80. The maximum Gasteiger partial charge on any atom is 0.243 e. The summed E-state index contributed by atoms with van der Waals surface area (Å²) in [6.45, 7) is 0.444. The third-order valence-electron chi connectivity index (χ3n) is 4.97. The zero-order valence-corrected chi connectivity index (χ0v) is 19.5. The Kier molecular flexibility index (Phi) is 7.90. The molecular weight excluding hydrogens is 448 g/mol. The van der Waals surface area contributed by atoms with Crippen molar-refractivity contribution in [3.05, 3.63) is 95.0 Å². The van der Waals surface area contributed by atoms with E-state index in [0.29, 0.717) is 18.8 Å². The highest BCUT2D eigenvalue weighted by molar-refractivity contribution is 7.89. The minimum atomic E-state index is -3.91. The van der Waals surface area contributed by atoms with Crippen LogP contribution in [0.3, 0.4) is 0 Å². The van der Waals surface area contributed by atoms with Crippen molar-refractivity contribution in [1.82, 2.24) is 9.21 Å². The molecular formula is C24H25ClN2O4S. The van der Waals surface area contributed by atoms with Crippen LogP contribution in [0.15, 0.2) is 83.8 Å². The van der Waals surface area contributed by atoms with E-state index >= 15 is 0 Å². The molecule has 0 N–H and O–H groups in total. The van der Waals surface area contributed by atoms with Gasteiger partial charge in [0.05, 0.1) is 23.6 Å². The number of benzene rings is 3. The zero-order chi connectivity index (χ0) is 23.1. The summed E-state index contributed by atoms with van der Waals surface area (Å²) in [7, 11) is -1.08. The normalized spacial score (nSPS) is 11.4. The Bertz CT molecular complexity index is 1110. The summed E-state index contributed by atoms with van der Waals surface area (Å²) >= 11 is 6.09. The van der Waals surface area contributed by atoms with Gasteiger partial charge in [0.25, 0.3) is 0 Å². The number of halogens is 1. The molecule has 0 unspecified atom stereocenters. The molecule has 8 heteroatoms. The van der Waals surface area contributed by atoms with E-state index in [1.807, 2.05) is 60.7 Å². The molecule has 168 valence electrons. The van der Waals surface area contributed by atoms with E-state index in [0.717, 1.165) is 15.4 Å². The van der Waals surface area contributed by atoms with E-state index in [1.165, 1.54) is 32.4 Å². The molecule has 3 aromatic rings. The number of likely N-dealkylation sites (N-methyl/N-ethyl adjacent to an activating group) is 1. The van der Waals surface area contributed by atoms with Crippen LogP contribution in [0.4, 0.5) is 0 Å². The van der Waals surface area contributed by atoms with Crippen molar-refractivity contribution in [2.45, 2.75) is 18.0 Å². The van der Waals surface area contributed by atoms with Crippen LogP contribution < -0.4 is 4.74 Å². The number of carbonyl (C=O) groups is 1. The fraction of sp³-hybridized carbons (Fsp3) is 0.208. The molecule has 3 aromatic carbocycles. The molecule has 0 saturated heterocycles. The van der Waals surface area contributed by atoms with Crippen LogP contribution in [0.1, 0.15) is 11.1 Å². The Morgan fingerprint density at radius 3 is 1.91 bits per heavy atom. The highest BCUT2D eigenvalue weighted by Crippen LogP contribution is 2.28. The number of nitrogens with zero attached hydrogens (tertiary/aromatic N) is 2. The monoisotopic (exact) mass is 472 g/mol. The van der Waals surface area contributed by atoms with Gasteiger partial charge in [0.2, 0.25) is 15.9 Å². The van der Waals surface area contributed by atoms with Crippen LogP contribution >= 0.6 is 11.6 Å². The lowest BCUT2D eigenvalue weighted by Gasteiger charge is -2.26. The fourth-order valence-electron chi connectivity index (χ4n) is 3.20. The Morgan fingerprint density at radius 2 is 1.44 bits per heavy atom. The van der Waals surface area contributed by atoms with E-state index in [-0.39, 0.29) is 22.4 Å². The number of sulfonamides is 1. The third kappa shape index (κ3) is 5.88. The summed E-state index contributed by atoms with van der Waals surface area (Å²) in [5.41, 5.74) is 1.92. The molecule has 1 amide bonds. The number of rotatable bonds is 9. The van der Waals surface area contributed by atoms with Gasteiger partial charge in [0, 0.05) is 20.1 Å². The van der Waals surface area contributed by atoms with Crippen molar-refractivity contribution < 1.29 is 17.9 Å². The molecule has 3 rings (SSSR count). The largest absolute Gasteiger partial charge is 0.495 e. The predicted octanol–water partition coefficient (Wildman–Crippen LogP) is 4.20. The average Bonchev–Trinajstić information content (AvgIpc) is 2.79. The lowest BCUT2D eigenvalue weighted by Crippen LogP contribution is -2.40. The van der Waals surface area contributed by atoms with E-state index < -0.39 is 10.0 Å². The summed E-state index contributed by atoms with van der Waals surface area (Å²) in [5, 5.41) is 0.183. The average molecular weight is 473 g/mol. The summed E-state index contributed by atoms with van der Waals surface area (Å²) in [6.07, 6.45) is 0. The number of ether oxygens (including phenoxy) is 1. The summed E-state index contributed by atoms with van der Waals surface area (Å²) in [4.78, 5) is 14.8. The van der Waals surface area contributed by atoms with Crippen molar-refractivity contribution in [1.29, 1.82) is 0 Å². The summed E-state index contributed by atoms with van der Waals surface area (Å²) in [6, 6.07) is 23.4. The third-order valence-corrected chi connectivity index (χ3v) is 7.07. The molecule has 0 radical (unpaired) electrons. The van der Waals surface area contributed by atoms with Crippen molar-refractivity contribution in [3.8, 4) is 5.75 Å². The number of amides is 1. The molecule has 32 heavy (non-hydrogen) atoms. The number of hydrogen-bond donors (Lipinski definition) is 0. The maximum absolute atomic E-state index is 13.2. The first-order valence-corrected chi connectivity index (χ1v) is 11.8. The summed E-state index contributed by atoms with van der Waals surface area (Å²) < 4.78 is 32.1. The van der Waals surface area contributed by atoms with Gasteiger partial charge in [0.15, 0.2) is 0 Å². The molecule has 0 aromatic heterocycles. The first-order chi connectivity index (χ1) is 15.3. The second-order valence-electron chi connectivity index (χ2n) is 7.28. The standard InChI is InChI=1S/C24H25ClN2O4S/c1-26(32(29,30)21-13-14-23(31-2)22(25)15-21)18-24(28)27(16-19-9-5-3-6-10-19)17-20-11-7-4-8-12-20/h3-15H,16-18H2,1-2H3. The minimum Gasteiger partial charge on any atom is -0.495 e. The first-order valence-electron chi connectivity index (χ1n) is 9.97. The SMILES string of the molecule is COc1ccc(S(=O)(=O)N(C)CC(=O)N(Cc2ccccc2)Cc2ccccc2)cc1Cl. The van der Waals surface area contributed by atoms with E-state index in [4.69, 9.17) is 16.3 Å². The van der Waals surface area contributed by atoms with E-state index in [9.17, 15) is 13.2 Å². The lowest BCUT2D eigenvalue weighted by molar-refractivity contribution is -0.132. The van der Waals surface area contributed by atoms with Gasteiger partial charge in [-0.1, -0.05) is 72.3 Å². The van der Waals surface area contributed by atoms with Gasteiger partial charge in [-0.15, -0.1) is 0 Å². The van der Waals surface area contributed by atoms with Gasteiger partial charge in [-0.3, -0.25) is 4.79 Å². The number of carbonyl (C=O) groups excluding carboxylic acids is 1. The first kappa shape index (κ1) is 23.8. The highest BCUT2D eigenvalue weighted by Gasteiger charge is 2.26. The molecule has 0 aliphatic rings. The topological polar surface area (TPSA) is 66.9 Å². The van der Waals surface area contributed by atoms with Crippen molar-refractivity contribution in [3.63, 3.8) is 0 Å².